The first-order chi connectivity index (χ1) is 37.1. The fraction of sp³-hybridized carbons (Fsp3) is 0.152. The van der Waals surface area contributed by atoms with E-state index in [-0.39, 0.29) is 0 Å². The highest BCUT2D eigenvalue weighted by atomic mass is 31.1. The lowest BCUT2D eigenvalue weighted by Gasteiger charge is -2.24. The maximum absolute atomic E-state index is 7.36. The molecule has 0 fully saturated rings. The predicted octanol–water partition coefficient (Wildman–Crippen LogP) is 19.6. The summed E-state index contributed by atoms with van der Waals surface area (Å²) in [5, 5.41) is 8.00. The van der Waals surface area contributed by atoms with E-state index in [1.54, 1.807) is 28.4 Å². The van der Waals surface area contributed by atoms with Crippen molar-refractivity contribution in [1.29, 1.82) is 0 Å². The molecule has 378 valence electrons. The second kappa shape index (κ2) is 20.1. The SMILES string of the molecule is COc1cc(C)c2op(Cc3c(-c4ccccc4)cc4ccccc4c3-c3c(Cp4oc5c(C)cc(OC)cc5c5cc(OC)cc(C)c5o4)c(-c4ccccc4)cc4ccccc34)oc3c(C)cc(OC)cc3c2c1. The fourth-order valence-corrected chi connectivity index (χ4v) is 14.3. The lowest BCUT2D eigenvalue weighted by Crippen LogP contribution is -2.01. The zero-order valence-corrected chi connectivity index (χ0v) is 45.5. The summed E-state index contributed by atoms with van der Waals surface area (Å²) >= 11 is 0. The van der Waals surface area contributed by atoms with Crippen LogP contribution in [0.5, 0.6) is 23.0 Å². The van der Waals surface area contributed by atoms with Gasteiger partial charge in [0.2, 0.25) is 16.0 Å². The van der Waals surface area contributed by atoms with E-state index >= 15 is 0 Å². The van der Waals surface area contributed by atoms with Gasteiger partial charge in [0.1, 0.15) is 45.3 Å². The molecule has 8 nitrogen and oxygen atoms in total. The normalized spacial score (nSPS) is 11.5. The lowest BCUT2D eigenvalue weighted by molar-refractivity contribution is 0.414. The van der Waals surface area contributed by atoms with Crippen LogP contribution >= 0.6 is 16.0 Å². The van der Waals surface area contributed by atoms with Gasteiger partial charge in [0.05, 0.1) is 40.8 Å². The van der Waals surface area contributed by atoms with Crippen molar-refractivity contribution in [2.45, 2.75) is 40.0 Å². The van der Waals surface area contributed by atoms with Crippen LogP contribution in [0.1, 0.15) is 33.4 Å². The highest BCUT2D eigenvalue weighted by Crippen LogP contribution is 2.53. The first-order valence-corrected chi connectivity index (χ1v) is 28.1. The average Bonchev–Trinajstić information content (AvgIpc) is 3.72. The Kier molecular flexibility index (Phi) is 12.9. The van der Waals surface area contributed by atoms with Crippen molar-refractivity contribution < 1.29 is 35.7 Å². The fourth-order valence-electron chi connectivity index (χ4n) is 11.0. The minimum absolute atomic E-state index is 0.434. The van der Waals surface area contributed by atoms with Gasteiger partial charge in [0.25, 0.3) is 0 Å². The average molecular weight is 1040 g/mol. The number of aryl methyl sites for hydroxylation is 4. The van der Waals surface area contributed by atoms with Crippen molar-refractivity contribution in [3.05, 3.63) is 203 Å². The Labute approximate surface area is 443 Å². The van der Waals surface area contributed by atoms with Gasteiger partial charge in [-0.25, -0.2) is 0 Å². The molecule has 0 unspecified atom stereocenters. The first kappa shape index (κ1) is 48.6. The molecule has 0 atom stereocenters. The van der Waals surface area contributed by atoms with E-state index in [0.717, 1.165) is 155 Å². The minimum atomic E-state index is -1.72. The van der Waals surface area contributed by atoms with Gasteiger partial charge in [0, 0.05) is 21.5 Å². The van der Waals surface area contributed by atoms with Crippen molar-refractivity contribution in [3.8, 4) is 56.4 Å². The van der Waals surface area contributed by atoms with E-state index < -0.39 is 16.0 Å². The Morgan fingerprint density at radius 2 is 0.618 bits per heavy atom. The van der Waals surface area contributed by atoms with Crippen molar-refractivity contribution in [1.82, 2.24) is 0 Å². The van der Waals surface area contributed by atoms with Crippen LogP contribution in [-0.4, -0.2) is 28.4 Å². The molecule has 0 spiro atoms. The van der Waals surface area contributed by atoms with Crippen LogP contribution < -0.4 is 18.9 Å². The van der Waals surface area contributed by atoms with Gasteiger partial charge < -0.3 is 35.7 Å². The molecular formula is C66H56O8P2. The number of fused-ring (bicyclic) bond motifs is 8. The molecule has 0 aliphatic carbocycles. The van der Waals surface area contributed by atoms with E-state index in [2.05, 4.69) is 149 Å². The highest BCUT2D eigenvalue weighted by molar-refractivity contribution is 7.36. The smallest absolute Gasteiger partial charge is 0.221 e. The van der Waals surface area contributed by atoms with Gasteiger partial charge in [0.15, 0.2) is 0 Å². The molecule has 10 aromatic carbocycles. The van der Waals surface area contributed by atoms with Crippen molar-refractivity contribution in [3.63, 3.8) is 0 Å². The van der Waals surface area contributed by atoms with E-state index in [1.165, 1.54) is 0 Å². The van der Waals surface area contributed by atoms with Crippen LogP contribution in [0.4, 0.5) is 0 Å². The number of ether oxygens (including phenoxy) is 4. The standard InChI is InChI=1S/C66H56O8P2/c1-39-27-47(67-5)33-55-56-34-48(68-6)28-40(2)64(56)72-75(71-63(39)55)37-59-53(43-19-11-9-12-20-43)31-45-23-15-17-25-51(45)61(59)62-52-26-18-16-24-46(52)32-54(44-21-13-10-14-22-44)60(62)38-76-73-65-41(3)29-49(69-7)35-57(65)58-36-50(70-8)30-42(4)66(58)74-76/h9-36H,37-38H2,1-8H3. The van der Waals surface area contributed by atoms with Crippen LogP contribution in [-0.2, 0) is 12.3 Å². The van der Waals surface area contributed by atoms with Crippen LogP contribution in [0.3, 0.4) is 0 Å². The molecule has 0 radical (unpaired) electrons. The molecule has 2 aromatic heterocycles. The Hall–Kier alpha value is -8.28. The summed E-state index contributed by atoms with van der Waals surface area (Å²) in [6, 6.07) is 59.9. The van der Waals surface area contributed by atoms with E-state index in [4.69, 9.17) is 35.7 Å². The van der Waals surface area contributed by atoms with Crippen LogP contribution in [0.25, 0.3) is 98.8 Å². The summed E-state index contributed by atoms with van der Waals surface area (Å²) in [5.74, 6) is 2.94. The maximum Gasteiger partial charge on any atom is 0.221 e. The number of methoxy groups -OCH3 is 4. The molecule has 12 aromatic rings. The molecule has 0 bridgehead atoms. The summed E-state index contributed by atoms with van der Waals surface area (Å²) in [6.07, 6.45) is 0.868. The Balaban J connectivity index is 1.24. The number of hydrogen-bond acceptors (Lipinski definition) is 8. The van der Waals surface area contributed by atoms with E-state index in [1.807, 2.05) is 48.5 Å². The molecule has 12 rings (SSSR count). The molecule has 0 amide bonds. The molecule has 0 aliphatic heterocycles. The summed E-state index contributed by atoms with van der Waals surface area (Å²) in [6.45, 7) is 8.29. The van der Waals surface area contributed by atoms with Gasteiger partial charge in [-0.15, -0.1) is 0 Å². The van der Waals surface area contributed by atoms with Crippen molar-refractivity contribution in [2.24, 2.45) is 0 Å². The van der Waals surface area contributed by atoms with Crippen molar-refractivity contribution >= 4 is 81.4 Å². The Morgan fingerprint density at radius 1 is 0.329 bits per heavy atom. The molecule has 2 heterocycles. The van der Waals surface area contributed by atoms with E-state index in [9.17, 15) is 0 Å². The summed E-state index contributed by atoms with van der Waals surface area (Å²) in [7, 11) is 3.34. The predicted molar refractivity (Wildman–Crippen MR) is 314 cm³/mol. The third-order valence-corrected chi connectivity index (χ3v) is 17.3. The zero-order chi connectivity index (χ0) is 52.2. The summed E-state index contributed by atoms with van der Waals surface area (Å²) in [5.41, 5.74) is 15.6. The highest BCUT2D eigenvalue weighted by Gasteiger charge is 2.27. The quantitative estimate of drug-likeness (QED) is 0.127. The third kappa shape index (κ3) is 8.72. The molecule has 0 saturated carbocycles. The first-order valence-electron chi connectivity index (χ1n) is 25.3. The second-order valence-corrected chi connectivity index (χ2v) is 22.1. The second-order valence-electron chi connectivity index (χ2n) is 19.4. The molecule has 0 N–H and O–H groups in total. The molecule has 10 heteroatoms. The lowest BCUT2D eigenvalue weighted by atomic mass is 9.82. The number of benzene rings is 10. The minimum Gasteiger partial charge on any atom is -0.497 e. The molecular weight excluding hydrogens is 983 g/mol. The molecule has 0 saturated heterocycles. The van der Waals surface area contributed by atoms with Crippen molar-refractivity contribution in [2.75, 3.05) is 28.4 Å². The van der Waals surface area contributed by atoms with Gasteiger partial charge in [-0.3, -0.25) is 0 Å². The van der Waals surface area contributed by atoms with Crippen LogP contribution in [0, 0.1) is 27.7 Å². The third-order valence-electron chi connectivity index (χ3n) is 14.6. The maximum atomic E-state index is 7.36. The monoisotopic (exact) mass is 1040 g/mol. The summed E-state index contributed by atoms with van der Waals surface area (Å²) < 4.78 is 52.9. The Bertz CT molecular complexity index is 3910. The summed E-state index contributed by atoms with van der Waals surface area (Å²) in [4.78, 5) is 0. The largest absolute Gasteiger partial charge is 0.497 e. The van der Waals surface area contributed by atoms with Gasteiger partial charge in [-0.05, 0) is 177 Å². The van der Waals surface area contributed by atoms with E-state index in [0.29, 0.717) is 12.3 Å². The molecule has 0 aliphatic rings. The van der Waals surface area contributed by atoms with Gasteiger partial charge in [-0.2, -0.15) is 0 Å². The molecule has 76 heavy (non-hydrogen) atoms. The number of rotatable bonds is 11. The zero-order valence-electron chi connectivity index (χ0n) is 43.7. The van der Waals surface area contributed by atoms with Crippen LogP contribution in [0.15, 0.2) is 187 Å². The number of hydrogen-bond donors (Lipinski definition) is 0. The Morgan fingerprint density at radius 3 is 0.921 bits per heavy atom. The topological polar surface area (TPSA) is 89.5 Å². The van der Waals surface area contributed by atoms with Gasteiger partial charge >= 0.3 is 0 Å². The van der Waals surface area contributed by atoms with Gasteiger partial charge in [-0.1, -0.05) is 109 Å². The van der Waals surface area contributed by atoms with Crippen LogP contribution in [0.2, 0.25) is 0 Å².